The van der Waals surface area contributed by atoms with Crippen LogP contribution in [0.15, 0.2) is 42.5 Å². The first kappa shape index (κ1) is 9.86. The van der Waals surface area contributed by atoms with Gasteiger partial charge >= 0.3 is 0 Å². The van der Waals surface area contributed by atoms with Gasteiger partial charge in [0.25, 0.3) is 0 Å². The van der Waals surface area contributed by atoms with E-state index in [1.165, 1.54) is 35.8 Å². The summed E-state index contributed by atoms with van der Waals surface area (Å²) in [7, 11) is 2.21. The zero-order valence-corrected chi connectivity index (χ0v) is 9.69. The van der Waals surface area contributed by atoms with Crippen molar-refractivity contribution in [2.75, 3.05) is 20.1 Å². The lowest BCUT2D eigenvalue weighted by Crippen LogP contribution is -2.13. The topological polar surface area (TPSA) is 3.24 Å². The first-order valence-corrected chi connectivity index (χ1v) is 6.00. The quantitative estimate of drug-likeness (QED) is 0.700. The Hall–Kier alpha value is -1.34. The molecule has 0 spiro atoms. The van der Waals surface area contributed by atoms with Gasteiger partial charge in [0.1, 0.15) is 0 Å². The highest BCUT2D eigenvalue weighted by atomic mass is 15.1. The van der Waals surface area contributed by atoms with Gasteiger partial charge in [-0.05, 0) is 42.3 Å². The average Bonchev–Trinajstić information content (AvgIpc) is 2.75. The smallest absolute Gasteiger partial charge is 0.00477 e. The molecule has 1 aliphatic heterocycles. The molecule has 0 aliphatic carbocycles. The standard InChI is InChI=1S/C15H17N/c1-16-9-8-15(11-16)14-7-6-12-4-2-3-5-13(12)10-14/h2-7,10,15H,8-9,11H2,1H3. The molecule has 1 fully saturated rings. The van der Waals surface area contributed by atoms with Crippen molar-refractivity contribution in [2.45, 2.75) is 12.3 Å². The van der Waals surface area contributed by atoms with Crippen LogP contribution in [-0.2, 0) is 0 Å². The number of hydrogen-bond acceptors (Lipinski definition) is 1. The first-order chi connectivity index (χ1) is 7.83. The number of benzene rings is 2. The molecule has 0 amide bonds. The van der Waals surface area contributed by atoms with E-state index in [1.807, 2.05) is 0 Å². The van der Waals surface area contributed by atoms with Gasteiger partial charge in [0.2, 0.25) is 0 Å². The normalized spacial score (nSPS) is 21.7. The van der Waals surface area contributed by atoms with Gasteiger partial charge in [-0.3, -0.25) is 0 Å². The number of hydrogen-bond donors (Lipinski definition) is 0. The molecule has 16 heavy (non-hydrogen) atoms. The molecule has 2 aromatic rings. The van der Waals surface area contributed by atoms with Gasteiger partial charge in [-0.2, -0.15) is 0 Å². The number of fused-ring (bicyclic) bond motifs is 1. The van der Waals surface area contributed by atoms with Crippen LogP contribution in [0.1, 0.15) is 17.9 Å². The third-order valence-corrected chi connectivity index (χ3v) is 3.64. The second-order valence-corrected chi connectivity index (χ2v) is 4.85. The second-order valence-electron chi connectivity index (χ2n) is 4.85. The maximum absolute atomic E-state index is 2.42. The Morgan fingerprint density at radius 3 is 2.62 bits per heavy atom. The predicted molar refractivity (Wildman–Crippen MR) is 68.8 cm³/mol. The summed E-state index contributed by atoms with van der Waals surface area (Å²) in [5.74, 6) is 0.731. The lowest BCUT2D eigenvalue weighted by Gasteiger charge is -2.11. The lowest BCUT2D eigenvalue weighted by molar-refractivity contribution is 0.411. The molecule has 1 nitrogen and oxygen atoms in total. The van der Waals surface area contributed by atoms with Crippen molar-refractivity contribution in [1.82, 2.24) is 4.90 Å². The van der Waals surface area contributed by atoms with Crippen molar-refractivity contribution in [3.05, 3.63) is 48.0 Å². The highest BCUT2D eigenvalue weighted by Gasteiger charge is 2.20. The highest BCUT2D eigenvalue weighted by Crippen LogP contribution is 2.28. The predicted octanol–water partition coefficient (Wildman–Crippen LogP) is 3.26. The molecule has 1 unspecified atom stereocenters. The Balaban J connectivity index is 1.99. The zero-order chi connectivity index (χ0) is 11.0. The summed E-state index contributed by atoms with van der Waals surface area (Å²) in [4.78, 5) is 2.42. The molecule has 1 heteroatoms. The van der Waals surface area contributed by atoms with Crippen LogP contribution in [0.2, 0.25) is 0 Å². The van der Waals surface area contributed by atoms with E-state index in [-0.39, 0.29) is 0 Å². The van der Waals surface area contributed by atoms with Gasteiger partial charge in [0.15, 0.2) is 0 Å². The van der Waals surface area contributed by atoms with Gasteiger partial charge in [-0.25, -0.2) is 0 Å². The van der Waals surface area contributed by atoms with Crippen molar-refractivity contribution in [1.29, 1.82) is 0 Å². The number of likely N-dealkylation sites (tertiary alicyclic amines) is 1. The summed E-state index contributed by atoms with van der Waals surface area (Å²) in [6.07, 6.45) is 1.30. The van der Waals surface area contributed by atoms with Crippen molar-refractivity contribution in [3.8, 4) is 0 Å². The summed E-state index contributed by atoms with van der Waals surface area (Å²) in [6.45, 7) is 2.44. The molecule has 0 aromatic heterocycles. The van der Waals surface area contributed by atoms with Crippen molar-refractivity contribution >= 4 is 10.8 Å². The molecule has 0 bridgehead atoms. The van der Waals surface area contributed by atoms with Crippen LogP contribution in [0.25, 0.3) is 10.8 Å². The fraction of sp³-hybridized carbons (Fsp3) is 0.333. The second kappa shape index (κ2) is 3.91. The third kappa shape index (κ3) is 1.72. The van der Waals surface area contributed by atoms with Crippen LogP contribution in [0.3, 0.4) is 0 Å². The number of rotatable bonds is 1. The van der Waals surface area contributed by atoms with E-state index in [1.54, 1.807) is 0 Å². The van der Waals surface area contributed by atoms with Gasteiger partial charge in [-0.1, -0.05) is 42.5 Å². The van der Waals surface area contributed by atoms with Crippen LogP contribution in [0.5, 0.6) is 0 Å². The minimum Gasteiger partial charge on any atom is -0.306 e. The van der Waals surface area contributed by atoms with Gasteiger partial charge in [0.05, 0.1) is 0 Å². The SMILES string of the molecule is CN1CCC(c2ccc3ccccc3c2)C1. The van der Waals surface area contributed by atoms with Crippen LogP contribution in [0.4, 0.5) is 0 Å². The first-order valence-electron chi connectivity index (χ1n) is 6.00. The third-order valence-electron chi connectivity index (χ3n) is 3.64. The maximum Gasteiger partial charge on any atom is 0.00477 e. The Labute approximate surface area is 96.7 Å². The minimum absolute atomic E-state index is 0.731. The van der Waals surface area contributed by atoms with E-state index >= 15 is 0 Å². The van der Waals surface area contributed by atoms with Gasteiger partial charge < -0.3 is 4.90 Å². The fourth-order valence-corrected chi connectivity index (χ4v) is 2.67. The molecule has 0 radical (unpaired) electrons. The van der Waals surface area contributed by atoms with E-state index in [0.29, 0.717) is 0 Å². The molecule has 0 saturated carbocycles. The molecule has 3 rings (SSSR count). The number of nitrogens with zero attached hydrogens (tertiary/aromatic N) is 1. The van der Waals surface area contributed by atoms with E-state index in [0.717, 1.165) is 5.92 Å². The van der Waals surface area contributed by atoms with Gasteiger partial charge in [-0.15, -0.1) is 0 Å². The molecule has 1 saturated heterocycles. The van der Waals surface area contributed by atoms with E-state index < -0.39 is 0 Å². The Bertz CT molecular complexity index is 504. The largest absolute Gasteiger partial charge is 0.306 e. The monoisotopic (exact) mass is 211 g/mol. The summed E-state index contributed by atoms with van der Waals surface area (Å²) >= 11 is 0. The fourth-order valence-electron chi connectivity index (χ4n) is 2.67. The van der Waals surface area contributed by atoms with Crippen LogP contribution < -0.4 is 0 Å². The Morgan fingerprint density at radius 2 is 1.88 bits per heavy atom. The van der Waals surface area contributed by atoms with Crippen molar-refractivity contribution < 1.29 is 0 Å². The zero-order valence-electron chi connectivity index (χ0n) is 9.69. The average molecular weight is 211 g/mol. The van der Waals surface area contributed by atoms with E-state index in [4.69, 9.17) is 0 Å². The maximum atomic E-state index is 2.42. The highest BCUT2D eigenvalue weighted by molar-refractivity contribution is 5.83. The summed E-state index contributed by atoms with van der Waals surface area (Å²) < 4.78 is 0. The van der Waals surface area contributed by atoms with E-state index in [2.05, 4.69) is 54.4 Å². The molecule has 0 N–H and O–H groups in total. The molecular weight excluding hydrogens is 194 g/mol. The molecule has 82 valence electrons. The van der Waals surface area contributed by atoms with Crippen LogP contribution in [0, 0.1) is 0 Å². The Kier molecular flexibility index (Phi) is 2.41. The summed E-state index contributed by atoms with van der Waals surface area (Å²) in [5, 5.41) is 2.71. The van der Waals surface area contributed by atoms with Crippen LogP contribution >= 0.6 is 0 Å². The number of likely N-dealkylation sites (N-methyl/N-ethyl adjacent to an activating group) is 1. The molecular formula is C15H17N. The minimum atomic E-state index is 0.731. The summed E-state index contributed by atoms with van der Waals surface area (Å²) in [6, 6.07) is 15.5. The van der Waals surface area contributed by atoms with Gasteiger partial charge in [0, 0.05) is 6.54 Å². The molecule has 1 atom stereocenters. The van der Waals surface area contributed by atoms with Crippen LogP contribution in [-0.4, -0.2) is 25.0 Å². The van der Waals surface area contributed by atoms with Crippen molar-refractivity contribution in [3.63, 3.8) is 0 Å². The Morgan fingerprint density at radius 1 is 1.06 bits per heavy atom. The molecule has 1 heterocycles. The van der Waals surface area contributed by atoms with Crippen molar-refractivity contribution in [2.24, 2.45) is 0 Å². The molecule has 1 aliphatic rings. The lowest BCUT2D eigenvalue weighted by atomic mass is 9.96. The van der Waals surface area contributed by atoms with E-state index in [9.17, 15) is 0 Å². The summed E-state index contributed by atoms with van der Waals surface area (Å²) in [5.41, 5.74) is 1.50. The molecule has 2 aromatic carbocycles.